The zero-order chi connectivity index (χ0) is 8.81. The number of rotatable bonds is 4. The molecular formula is C8H14N2S2. The Labute approximate surface area is 80.4 Å². The molecular weight excluding hydrogens is 188 g/mol. The van der Waals surface area contributed by atoms with Gasteiger partial charge in [-0.1, -0.05) is 30.1 Å². The van der Waals surface area contributed by atoms with Gasteiger partial charge in [-0.05, 0) is 23.7 Å². The molecule has 0 aromatic carbocycles. The summed E-state index contributed by atoms with van der Waals surface area (Å²) in [7, 11) is 3.38. The Hall–Kier alpha value is -0.220. The van der Waals surface area contributed by atoms with Gasteiger partial charge in [-0.25, -0.2) is 4.98 Å². The van der Waals surface area contributed by atoms with Crippen LogP contribution in [0.1, 0.15) is 31.2 Å². The molecule has 2 nitrogen and oxygen atoms in total. The van der Waals surface area contributed by atoms with Crippen LogP contribution in [0.15, 0.2) is 4.99 Å². The second kappa shape index (κ2) is 5.43. The molecule has 4 heteroatoms. The Morgan fingerprint density at radius 3 is 2.75 bits per heavy atom. The molecule has 0 fully saturated rings. The minimum absolute atomic E-state index is 0.938. The van der Waals surface area contributed by atoms with Crippen molar-refractivity contribution in [3.63, 3.8) is 0 Å². The Morgan fingerprint density at radius 1 is 1.33 bits per heavy atom. The van der Waals surface area contributed by atoms with Gasteiger partial charge in [-0.15, -0.1) is 0 Å². The van der Waals surface area contributed by atoms with Gasteiger partial charge in [0.2, 0.25) is 4.80 Å². The Kier molecular flexibility index (Phi) is 4.46. The largest absolute Gasteiger partial charge is 0.257 e. The van der Waals surface area contributed by atoms with Crippen molar-refractivity contribution in [2.45, 2.75) is 33.1 Å². The third kappa shape index (κ3) is 3.45. The molecule has 0 saturated heterocycles. The van der Waals surface area contributed by atoms with Crippen molar-refractivity contribution in [1.82, 2.24) is 4.98 Å². The molecule has 1 rings (SSSR count). The highest BCUT2D eigenvalue weighted by atomic mass is 32.9. The predicted octanol–water partition coefficient (Wildman–Crippen LogP) is 2.60. The maximum Gasteiger partial charge on any atom is 0.215 e. The summed E-state index contributed by atoms with van der Waals surface area (Å²) in [6, 6.07) is 0. The lowest BCUT2D eigenvalue weighted by Crippen LogP contribution is -1.99. The van der Waals surface area contributed by atoms with Crippen molar-refractivity contribution in [1.29, 1.82) is 0 Å². The van der Waals surface area contributed by atoms with Gasteiger partial charge in [0.1, 0.15) is 5.01 Å². The smallest absolute Gasteiger partial charge is 0.215 e. The molecule has 0 radical (unpaired) electrons. The molecule has 0 aliphatic carbocycles. The van der Waals surface area contributed by atoms with Crippen molar-refractivity contribution in [2.24, 2.45) is 4.99 Å². The second-order valence-corrected chi connectivity index (χ2v) is 4.96. The summed E-state index contributed by atoms with van der Waals surface area (Å²) in [5.41, 5.74) is 0. The van der Waals surface area contributed by atoms with Crippen molar-refractivity contribution >= 4 is 20.7 Å². The molecule has 0 atom stereocenters. The molecule has 1 heterocycles. The molecule has 0 amide bonds. The van der Waals surface area contributed by atoms with Gasteiger partial charge in [-0.3, -0.25) is 4.99 Å². The average Bonchev–Trinajstić information content (AvgIpc) is 2.45. The van der Waals surface area contributed by atoms with E-state index in [0.717, 1.165) is 16.4 Å². The van der Waals surface area contributed by atoms with E-state index in [4.69, 9.17) is 0 Å². The first-order valence-electron chi connectivity index (χ1n) is 4.27. The lowest BCUT2D eigenvalue weighted by molar-refractivity contribution is 0.719. The second-order valence-electron chi connectivity index (χ2n) is 2.67. The van der Waals surface area contributed by atoms with Gasteiger partial charge in [-0.2, -0.15) is 0 Å². The highest BCUT2D eigenvalue weighted by Gasteiger charge is 1.89. The lowest BCUT2D eigenvalue weighted by atomic mass is 10.2. The summed E-state index contributed by atoms with van der Waals surface area (Å²) in [6.07, 6.45) is 3.73. The quantitative estimate of drug-likeness (QED) is 0.544. The van der Waals surface area contributed by atoms with E-state index in [9.17, 15) is 0 Å². The van der Waals surface area contributed by atoms with Crippen molar-refractivity contribution in [2.75, 3.05) is 6.54 Å². The average molecular weight is 202 g/mol. The van der Waals surface area contributed by atoms with E-state index in [2.05, 4.69) is 16.9 Å². The molecule has 1 aromatic heterocycles. The molecule has 68 valence electrons. The zero-order valence-electron chi connectivity index (χ0n) is 7.54. The maximum absolute atomic E-state index is 4.38. The predicted molar refractivity (Wildman–Crippen MR) is 54.7 cm³/mol. The Morgan fingerprint density at radius 2 is 2.17 bits per heavy atom. The molecule has 12 heavy (non-hydrogen) atoms. The van der Waals surface area contributed by atoms with E-state index in [-0.39, 0.29) is 0 Å². The van der Waals surface area contributed by atoms with Crippen molar-refractivity contribution < 1.29 is 0 Å². The highest BCUT2D eigenvalue weighted by molar-refractivity contribution is 7.68. The van der Waals surface area contributed by atoms with Gasteiger partial charge < -0.3 is 0 Å². The van der Waals surface area contributed by atoms with E-state index in [1.54, 1.807) is 20.7 Å². The van der Waals surface area contributed by atoms with Gasteiger partial charge in [0.25, 0.3) is 0 Å². The Balaban J connectivity index is 2.37. The molecule has 0 saturated carbocycles. The van der Waals surface area contributed by atoms with Gasteiger partial charge in [0.05, 0.1) is 0 Å². The molecule has 0 spiro atoms. The fourth-order valence-electron chi connectivity index (χ4n) is 0.868. The summed E-state index contributed by atoms with van der Waals surface area (Å²) < 4.78 is 0. The van der Waals surface area contributed by atoms with E-state index >= 15 is 0 Å². The minimum Gasteiger partial charge on any atom is -0.257 e. The summed E-state index contributed by atoms with van der Waals surface area (Å²) in [5.74, 6) is 0. The van der Waals surface area contributed by atoms with Crippen LogP contribution in [-0.2, 0) is 0 Å². The van der Waals surface area contributed by atoms with Gasteiger partial charge in [0.15, 0.2) is 0 Å². The van der Waals surface area contributed by atoms with Crippen LogP contribution in [0, 0.1) is 6.92 Å². The minimum atomic E-state index is 0.938. The molecule has 0 N–H and O–H groups in total. The number of aromatic nitrogens is 1. The van der Waals surface area contributed by atoms with E-state index < -0.39 is 0 Å². The summed E-state index contributed by atoms with van der Waals surface area (Å²) in [5, 5.41) is 1.12. The number of hydrogen-bond acceptors (Lipinski definition) is 4. The van der Waals surface area contributed by atoms with Crippen LogP contribution >= 0.6 is 20.7 Å². The molecule has 0 aliphatic heterocycles. The van der Waals surface area contributed by atoms with Crippen LogP contribution in [0.3, 0.4) is 0 Å². The fourth-order valence-corrected chi connectivity index (χ4v) is 2.53. The normalized spacial score (nSPS) is 12.3. The molecule has 0 unspecified atom stereocenters. The standard InChI is InChI=1S/C8H14N2S2/c1-3-4-5-6-9-8-10-7(2)11-12-8/h3-6H2,1-2H3. The van der Waals surface area contributed by atoms with E-state index in [1.807, 2.05) is 6.92 Å². The third-order valence-electron chi connectivity index (χ3n) is 1.50. The lowest BCUT2D eigenvalue weighted by Gasteiger charge is -1.89. The molecule has 1 aromatic rings. The van der Waals surface area contributed by atoms with Crippen LogP contribution in [0.25, 0.3) is 0 Å². The van der Waals surface area contributed by atoms with Crippen LogP contribution in [0.4, 0.5) is 0 Å². The number of hydrogen-bond donors (Lipinski definition) is 0. The van der Waals surface area contributed by atoms with Gasteiger partial charge in [0, 0.05) is 6.54 Å². The number of unbranched alkanes of at least 4 members (excludes halogenated alkanes) is 2. The maximum atomic E-state index is 4.38. The van der Waals surface area contributed by atoms with Crippen LogP contribution < -0.4 is 4.80 Å². The van der Waals surface area contributed by atoms with Crippen molar-refractivity contribution in [3.8, 4) is 0 Å². The SMILES string of the molecule is CCCCCN=c1nc(C)ss1. The molecule has 0 bridgehead atoms. The first-order chi connectivity index (χ1) is 5.83. The summed E-state index contributed by atoms with van der Waals surface area (Å²) in [6.45, 7) is 5.16. The summed E-state index contributed by atoms with van der Waals surface area (Å²) in [4.78, 5) is 9.61. The van der Waals surface area contributed by atoms with E-state index in [0.29, 0.717) is 0 Å². The first-order valence-corrected chi connectivity index (χ1v) is 6.42. The van der Waals surface area contributed by atoms with Gasteiger partial charge >= 0.3 is 0 Å². The third-order valence-corrected chi connectivity index (χ3v) is 3.70. The summed E-state index contributed by atoms with van der Waals surface area (Å²) >= 11 is 0. The Bertz CT molecular complexity index is 275. The van der Waals surface area contributed by atoms with Crippen LogP contribution in [0.2, 0.25) is 0 Å². The number of aryl methyl sites for hydroxylation is 1. The van der Waals surface area contributed by atoms with Crippen molar-refractivity contribution in [3.05, 3.63) is 9.81 Å². The van der Waals surface area contributed by atoms with E-state index in [1.165, 1.54) is 19.3 Å². The number of nitrogens with zero attached hydrogens (tertiary/aromatic N) is 2. The fraction of sp³-hybridized carbons (Fsp3) is 0.750. The first kappa shape index (κ1) is 9.86. The van der Waals surface area contributed by atoms with Crippen LogP contribution in [0.5, 0.6) is 0 Å². The zero-order valence-corrected chi connectivity index (χ0v) is 9.17. The molecule has 0 aliphatic rings. The topological polar surface area (TPSA) is 25.2 Å². The highest BCUT2D eigenvalue weighted by Crippen LogP contribution is 2.03. The van der Waals surface area contributed by atoms with Crippen LogP contribution in [-0.4, -0.2) is 11.5 Å². The monoisotopic (exact) mass is 202 g/mol.